The minimum absolute atomic E-state index is 0.0335. The van der Waals surface area contributed by atoms with Crippen molar-refractivity contribution in [3.63, 3.8) is 0 Å². The second-order valence-electron chi connectivity index (χ2n) is 5.27. The molecule has 1 N–H and O–H groups in total. The Labute approximate surface area is 137 Å². The number of aromatic nitrogens is 1. The van der Waals surface area contributed by atoms with Gasteiger partial charge in [-0.1, -0.05) is 13.8 Å². The first kappa shape index (κ1) is 17.1. The maximum atomic E-state index is 13.6. The molecule has 0 amide bonds. The average molecular weight is 339 g/mol. The number of nitro groups is 1. The summed E-state index contributed by atoms with van der Waals surface area (Å²) in [5.41, 5.74) is 0.847. The Balaban J connectivity index is 2.08. The minimum atomic E-state index is -0.758. The van der Waals surface area contributed by atoms with E-state index in [1.807, 2.05) is 5.38 Å². The van der Waals surface area contributed by atoms with Crippen molar-refractivity contribution in [3.8, 4) is 5.75 Å². The third-order valence-electron chi connectivity index (χ3n) is 3.23. The van der Waals surface area contributed by atoms with Crippen LogP contribution in [0.1, 0.15) is 30.5 Å². The van der Waals surface area contributed by atoms with E-state index >= 15 is 0 Å². The van der Waals surface area contributed by atoms with Gasteiger partial charge in [0.05, 0.1) is 28.8 Å². The van der Waals surface area contributed by atoms with Crippen molar-refractivity contribution < 1.29 is 14.1 Å². The number of methoxy groups -OCH3 is 1. The van der Waals surface area contributed by atoms with Crippen LogP contribution in [-0.2, 0) is 6.42 Å². The number of benzene rings is 1. The van der Waals surface area contributed by atoms with Crippen LogP contribution < -0.4 is 10.1 Å². The second-order valence-corrected chi connectivity index (χ2v) is 6.16. The fourth-order valence-corrected chi connectivity index (χ4v) is 2.89. The van der Waals surface area contributed by atoms with Gasteiger partial charge in [0, 0.05) is 30.3 Å². The zero-order valence-electron chi connectivity index (χ0n) is 13.1. The van der Waals surface area contributed by atoms with Crippen LogP contribution in [0.15, 0.2) is 17.5 Å². The lowest BCUT2D eigenvalue weighted by molar-refractivity contribution is -0.384. The van der Waals surface area contributed by atoms with Gasteiger partial charge in [-0.25, -0.2) is 9.37 Å². The molecule has 0 atom stereocenters. The van der Waals surface area contributed by atoms with E-state index in [4.69, 9.17) is 4.74 Å². The molecule has 1 aromatic heterocycles. The predicted octanol–water partition coefficient (Wildman–Crippen LogP) is 3.98. The molecule has 2 aromatic rings. The van der Waals surface area contributed by atoms with Gasteiger partial charge < -0.3 is 10.1 Å². The summed E-state index contributed by atoms with van der Waals surface area (Å²) in [7, 11) is 1.32. The van der Waals surface area contributed by atoms with E-state index in [9.17, 15) is 14.5 Å². The Kier molecular flexibility index (Phi) is 5.49. The fourth-order valence-electron chi connectivity index (χ4n) is 2.02. The predicted molar refractivity (Wildman–Crippen MR) is 88.0 cm³/mol. The topological polar surface area (TPSA) is 77.3 Å². The summed E-state index contributed by atoms with van der Waals surface area (Å²) in [5.74, 6) is -0.413. The first-order chi connectivity index (χ1) is 10.9. The van der Waals surface area contributed by atoms with Gasteiger partial charge in [0.2, 0.25) is 0 Å². The van der Waals surface area contributed by atoms with Crippen molar-refractivity contribution >= 4 is 22.7 Å². The lowest BCUT2D eigenvalue weighted by atomic mass is 10.2. The highest BCUT2D eigenvalue weighted by molar-refractivity contribution is 7.09. The SMILES string of the molecule is COc1cc(NCCc2csc(C(C)C)n2)c([N+](=O)[O-])cc1F. The first-order valence-corrected chi connectivity index (χ1v) is 8.00. The molecule has 0 aliphatic rings. The Morgan fingerprint density at radius 1 is 1.48 bits per heavy atom. The Morgan fingerprint density at radius 3 is 2.78 bits per heavy atom. The van der Waals surface area contributed by atoms with Gasteiger partial charge >= 0.3 is 0 Å². The number of thiazole rings is 1. The summed E-state index contributed by atoms with van der Waals surface area (Å²) in [6.45, 7) is 4.61. The fraction of sp³-hybridized carbons (Fsp3) is 0.400. The molecule has 0 saturated heterocycles. The molecule has 0 unspecified atom stereocenters. The maximum absolute atomic E-state index is 13.6. The lowest BCUT2D eigenvalue weighted by Gasteiger charge is -2.09. The molecular formula is C15H18FN3O3S. The van der Waals surface area contributed by atoms with Gasteiger partial charge in [0.15, 0.2) is 11.6 Å². The number of rotatable bonds is 7. The normalized spacial score (nSPS) is 10.8. The molecule has 0 saturated carbocycles. The molecule has 1 heterocycles. The monoisotopic (exact) mass is 339 g/mol. The third-order valence-corrected chi connectivity index (χ3v) is 4.42. The molecule has 0 bridgehead atoms. The highest BCUT2D eigenvalue weighted by atomic mass is 32.1. The summed E-state index contributed by atoms with van der Waals surface area (Å²) >= 11 is 1.60. The zero-order valence-corrected chi connectivity index (χ0v) is 13.9. The smallest absolute Gasteiger partial charge is 0.295 e. The third kappa shape index (κ3) is 4.16. The molecule has 0 fully saturated rings. The van der Waals surface area contributed by atoms with Crippen LogP contribution in [0.5, 0.6) is 5.75 Å². The van der Waals surface area contributed by atoms with Crippen LogP contribution >= 0.6 is 11.3 Å². The van der Waals surface area contributed by atoms with Crippen LogP contribution in [0.4, 0.5) is 15.8 Å². The molecule has 124 valence electrons. The molecule has 0 spiro atoms. The molecule has 1 aromatic carbocycles. The second kappa shape index (κ2) is 7.36. The number of nitrogens with one attached hydrogen (secondary N) is 1. The van der Waals surface area contributed by atoms with Crippen LogP contribution in [0.3, 0.4) is 0 Å². The summed E-state index contributed by atoms with van der Waals surface area (Å²) in [5, 5.41) is 17.0. The number of anilines is 1. The number of nitrogens with zero attached hydrogens (tertiary/aromatic N) is 2. The molecule has 0 aliphatic heterocycles. The summed E-state index contributed by atoms with van der Waals surface area (Å²) in [6, 6.07) is 2.16. The van der Waals surface area contributed by atoms with Gasteiger partial charge in [-0.05, 0) is 0 Å². The van der Waals surface area contributed by atoms with Crippen molar-refractivity contribution in [1.29, 1.82) is 0 Å². The molecule has 23 heavy (non-hydrogen) atoms. The van der Waals surface area contributed by atoms with E-state index in [0.717, 1.165) is 16.8 Å². The quantitative estimate of drug-likeness (QED) is 0.610. The molecule has 0 aliphatic carbocycles. The number of nitro benzene ring substituents is 1. The Bertz CT molecular complexity index is 703. The van der Waals surface area contributed by atoms with E-state index < -0.39 is 10.7 Å². The number of halogens is 1. The number of hydrogen-bond acceptors (Lipinski definition) is 6. The summed E-state index contributed by atoms with van der Waals surface area (Å²) in [6.07, 6.45) is 0.625. The number of hydrogen-bond donors (Lipinski definition) is 1. The van der Waals surface area contributed by atoms with Crippen LogP contribution in [0.25, 0.3) is 0 Å². The van der Waals surface area contributed by atoms with E-state index in [0.29, 0.717) is 18.9 Å². The summed E-state index contributed by atoms with van der Waals surface area (Å²) < 4.78 is 18.5. The largest absolute Gasteiger partial charge is 0.494 e. The van der Waals surface area contributed by atoms with Crippen molar-refractivity contribution in [1.82, 2.24) is 4.98 Å². The van der Waals surface area contributed by atoms with Gasteiger partial charge in [-0.3, -0.25) is 10.1 Å². The highest BCUT2D eigenvalue weighted by Gasteiger charge is 2.18. The standard InChI is InChI=1S/C15H18FN3O3S/c1-9(2)15-18-10(8-23-15)4-5-17-12-7-14(22-3)11(16)6-13(12)19(20)21/h6-9,17H,4-5H2,1-3H3. The highest BCUT2D eigenvalue weighted by Crippen LogP contribution is 2.31. The van der Waals surface area contributed by atoms with Gasteiger partial charge in [-0.2, -0.15) is 0 Å². The Hall–Kier alpha value is -2.22. The first-order valence-electron chi connectivity index (χ1n) is 7.12. The van der Waals surface area contributed by atoms with Crippen molar-refractivity contribution in [3.05, 3.63) is 44.1 Å². The maximum Gasteiger partial charge on any atom is 0.295 e. The minimum Gasteiger partial charge on any atom is -0.494 e. The van der Waals surface area contributed by atoms with E-state index in [2.05, 4.69) is 24.1 Å². The van der Waals surface area contributed by atoms with Crippen molar-refractivity contribution in [2.24, 2.45) is 0 Å². The van der Waals surface area contributed by atoms with E-state index in [1.165, 1.54) is 13.2 Å². The zero-order chi connectivity index (χ0) is 17.0. The summed E-state index contributed by atoms with van der Waals surface area (Å²) in [4.78, 5) is 14.9. The lowest BCUT2D eigenvalue weighted by Crippen LogP contribution is -2.08. The van der Waals surface area contributed by atoms with E-state index in [1.54, 1.807) is 11.3 Å². The van der Waals surface area contributed by atoms with Crippen LogP contribution in [0.2, 0.25) is 0 Å². The Morgan fingerprint density at radius 2 is 2.22 bits per heavy atom. The van der Waals surface area contributed by atoms with Gasteiger partial charge in [0.25, 0.3) is 5.69 Å². The molecule has 2 rings (SSSR count). The van der Waals surface area contributed by atoms with Gasteiger partial charge in [-0.15, -0.1) is 11.3 Å². The van der Waals surface area contributed by atoms with E-state index in [-0.39, 0.29) is 17.1 Å². The molecule has 0 radical (unpaired) electrons. The van der Waals surface area contributed by atoms with Crippen molar-refractivity contribution in [2.45, 2.75) is 26.2 Å². The van der Waals surface area contributed by atoms with Crippen LogP contribution in [0, 0.1) is 15.9 Å². The van der Waals surface area contributed by atoms with Gasteiger partial charge in [0.1, 0.15) is 5.69 Å². The van der Waals surface area contributed by atoms with Crippen molar-refractivity contribution in [2.75, 3.05) is 19.0 Å². The van der Waals surface area contributed by atoms with Crippen LogP contribution in [-0.4, -0.2) is 23.6 Å². The molecule has 6 nitrogen and oxygen atoms in total. The molecule has 8 heteroatoms. The number of ether oxygens (including phenoxy) is 1. The molecular weight excluding hydrogens is 321 g/mol. The average Bonchev–Trinajstić information content (AvgIpc) is 2.97.